The molecule has 0 aromatic carbocycles. The van der Waals surface area contributed by atoms with Crippen LogP contribution < -0.4 is 17.2 Å². The molecular weight excluding hydrogens is 1340 g/mol. The van der Waals surface area contributed by atoms with Gasteiger partial charge in [-0.25, -0.2) is 58.6 Å². The standard InChI is InChI=1S/C45H60N15O23P3S4/c1-21(61)87-8-5-72-84(69,78-20-90-24(4)64)75-12-26-32(66)35(44(80-26)59-18-56-29-38(47)50-15-53-41(29)59)83-86(71,74-7-10-89-23(3)63)77-13-27-33(67)36(45(81-27)60-19-57-30-39(48)51-16-54-42(30)60)82-85(70,73-6-9-88-22(2)62)76-11-25-31(65)34(68)43(79-25)58-17-55-28-37(46)49-14-52-40(28)58/h14-19,25-27,31-36,43-45,65-68H,5-13,20H2,1-4H3,(H2,46,49,52)(H2,47,50,53)(H2,48,51,54)/t25-,26-,27-,31-,32-,33-,34-,35-,36-,43-,44-,45-,84?,85+,86+/m1/s1. The Kier molecular flexibility index (Phi) is 23.6. The largest absolute Gasteiger partial charge is 0.475 e. The number of imidazole rings is 3. The Hall–Kier alpha value is -4.82. The summed E-state index contributed by atoms with van der Waals surface area (Å²) in [6, 6.07) is 0. The van der Waals surface area contributed by atoms with E-state index in [9.17, 15) is 44.2 Å². The monoisotopic (exact) mass is 1400 g/mol. The predicted molar refractivity (Wildman–Crippen MR) is 317 cm³/mol. The Morgan fingerprint density at radius 1 is 0.456 bits per heavy atom. The molecule has 3 saturated heterocycles. The summed E-state index contributed by atoms with van der Waals surface area (Å²) < 4.78 is 119. The SMILES string of the molecule is CC(=O)SCCOP(=O)(OCSC(C)=O)OC[C@H]1O[C@@H](n2cnc3c(N)ncnc32)[C@H](O[P@@](=O)(OCCSC(C)=O)OC[C@H]2O[C@@H](n3cnc4c(N)ncnc43)[C@H](O[P@@](=O)(OCCSC(C)=O)OC[C@H]3O[C@@H](n4cnc5c(N)ncnc54)[C@H](O)[C@@H]3O)[C@@H]2O)[C@@H]1O. The minimum Gasteiger partial charge on any atom is -0.387 e. The van der Waals surface area contributed by atoms with Gasteiger partial charge in [-0.05, 0) is 0 Å². The fourth-order valence-corrected chi connectivity index (χ4v) is 15.2. The third-order valence-electron chi connectivity index (χ3n) is 13.0. The number of fused-ring (bicyclic) bond motifs is 3. The summed E-state index contributed by atoms with van der Waals surface area (Å²) in [5.41, 5.74) is 18.6. The molecule has 492 valence electrons. The number of nitrogens with zero attached hydrogens (tertiary/aromatic N) is 12. The van der Waals surface area contributed by atoms with Gasteiger partial charge >= 0.3 is 23.5 Å². The molecule has 90 heavy (non-hydrogen) atoms. The first-order chi connectivity index (χ1) is 42.9. The number of carbonyl (C=O) groups excluding carboxylic acids is 4. The molecule has 38 nitrogen and oxygen atoms in total. The highest BCUT2D eigenvalue weighted by Gasteiger charge is 2.55. The molecule has 0 saturated carbocycles. The molecule has 1 unspecified atom stereocenters. The topological polar surface area (TPSA) is 520 Å². The number of hydrogen-bond acceptors (Lipinski definition) is 39. The molecule has 3 aliphatic rings. The van der Waals surface area contributed by atoms with Crippen LogP contribution in [0.15, 0.2) is 38.0 Å². The van der Waals surface area contributed by atoms with Crippen molar-refractivity contribution in [2.24, 2.45) is 0 Å². The third-order valence-corrected chi connectivity index (χ3v) is 20.5. The average molecular weight is 1400 g/mol. The number of hydrogen-bond donors (Lipinski definition) is 7. The summed E-state index contributed by atoms with van der Waals surface area (Å²) in [5.74, 6) is -0.852. The fraction of sp³-hybridized carbons (Fsp3) is 0.578. The van der Waals surface area contributed by atoms with Crippen LogP contribution in [0.1, 0.15) is 46.4 Å². The smallest absolute Gasteiger partial charge is 0.387 e. The minimum atomic E-state index is -5.23. The number of phosphoric acid groups is 3. The molecule has 0 bridgehead atoms. The van der Waals surface area contributed by atoms with Gasteiger partial charge in [0.05, 0.1) is 58.6 Å². The molecule has 3 fully saturated rings. The van der Waals surface area contributed by atoms with Gasteiger partial charge in [0.1, 0.15) is 96.4 Å². The van der Waals surface area contributed by atoms with E-state index in [-0.39, 0.29) is 90.2 Å². The molecule has 0 spiro atoms. The number of anilines is 3. The van der Waals surface area contributed by atoms with Gasteiger partial charge in [-0.3, -0.25) is 73.6 Å². The summed E-state index contributed by atoms with van der Waals surface area (Å²) in [7, 11) is -15.0. The number of nitrogens with two attached hydrogens (primary N) is 3. The van der Waals surface area contributed by atoms with E-state index in [0.717, 1.165) is 54.3 Å². The second-order valence-corrected chi connectivity index (χ2v) is 29.0. The van der Waals surface area contributed by atoms with Gasteiger partial charge in [-0.15, -0.1) is 0 Å². The van der Waals surface area contributed by atoms with Crippen LogP contribution in [0.3, 0.4) is 0 Å². The summed E-state index contributed by atoms with van der Waals surface area (Å²) in [4.78, 5) is 84.6. The Bertz CT molecular complexity index is 3700. The average Bonchev–Trinajstić information content (AvgIpc) is 1.75. The second kappa shape index (κ2) is 30.5. The van der Waals surface area contributed by atoms with Crippen molar-refractivity contribution in [3.05, 3.63) is 38.0 Å². The molecule has 0 amide bonds. The zero-order chi connectivity index (χ0) is 64.7. The molecule has 15 atom stereocenters. The lowest BCUT2D eigenvalue weighted by molar-refractivity contribution is -0.110. The number of nitrogen functional groups attached to an aromatic ring is 3. The Morgan fingerprint density at radius 2 is 0.789 bits per heavy atom. The summed E-state index contributed by atoms with van der Waals surface area (Å²) in [6.07, 6.45) is -13.6. The summed E-state index contributed by atoms with van der Waals surface area (Å²) >= 11 is 3.06. The molecule has 6 aromatic rings. The number of rotatable bonds is 31. The predicted octanol–water partition coefficient (Wildman–Crippen LogP) is 1.68. The highest BCUT2D eigenvalue weighted by atomic mass is 32.2. The highest BCUT2D eigenvalue weighted by molar-refractivity contribution is 8.14. The zero-order valence-electron chi connectivity index (χ0n) is 47.6. The van der Waals surface area contributed by atoms with Gasteiger partial charge < -0.3 is 51.8 Å². The summed E-state index contributed by atoms with van der Waals surface area (Å²) in [6.45, 7) is 1.15. The van der Waals surface area contributed by atoms with Gasteiger partial charge in [0.25, 0.3) is 0 Å². The number of aromatic nitrogens is 12. The van der Waals surface area contributed by atoms with E-state index in [1.807, 2.05) is 0 Å². The summed E-state index contributed by atoms with van der Waals surface area (Å²) in [5, 5.41) is 45.6. The Balaban J connectivity index is 0.999. The van der Waals surface area contributed by atoms with Crippen molar-refractivity contribution in [2.75, 3.05) is 80.0 Å². The van der Waals surface area contributed by atoms with Crippen LogP contribution in [-0.2, 0) is 87.8 Å². The van der Waals surface area contributed by atoms with Crippen molar-refractivity contribution in [1.82, 2.24) is 58.6 Å². The van der Waals surface area contributed by atoms with Crippen LogP contribution in [0.4, 0.5) is 17.5 Å². The highest BCUT2D eigenvalue weighted by Crippen LogP contribution is 2.58. The van der Waals surface area contributed by atoms with E-state index in [1.165, 1.54) is 60.4 Å². The molecule has 45 heteroatoms. The lowest BCUT2D eigenvalue weighted by Gasteiger charge is -2.28. The van der Waals surface area contributed by atoms with E-state index in [1.54, 1.807) is 0 Å². The molecule has 0 aliphatic carbocycles. The van der Waals surface area contributed by atoms with Crippen molar-refractivity contribution in [2.45, 2.75) is 101 Å². The van der Waals surface area contributed by atoms with Crippen LogP contribution >= 0.6 is 70.5 Å². The van der Waals surface area contributed by atoms with Crippen LogP contribution in [0, 0.1) is 0 Å². The van der Waals surface area contributed by atoms with Gasteiger partial charge in [0.15, 0.2) is 73.5 Å². The maximum atomic E-state index is 15.4. The number of aliphatic hydroxyl groups is 4. The molecule has 3 aliphatic heterocycles. The number of thioether (sulfide) groups is 4. The zero-order valence-corrected chi connectivity index (χ0v) is 53.5. The Labute approximate surface area is 525 Å². The third kappa shape index (κ3) is 16.7. The van der Waals surface area contributed by atoms with Crippen LogP contribution in [0.25, 0.3) is 33.5 Å². The number of carbonyl (C=O) groups is 4. The maximum absolute atomic E-state index is 15.4. The van der Waals surface area contributed by atoms with E-state index in [4.69, 9.17) is 72.1 Å². The quantitative estimate of drug-likeness (QED) is 0.0185. The van der Waals surface area contributed by atoms with E-state index in [0.29, 0.717) is 11.8 Å². The first kappa shape index (κ1) is 69.5. The molecule has 9 heterocycles. The minimum absolute atomic E-state index is 0.00543. The molecule has 0 radical (unpaired) electrons. The maximum Gasteiger partial charge on any atom is 0.475 e. The number of ether oxygens (including phenoxy) is 3. The molecule has 6 aromatic heterocycles. The lowest BCUT2D eigenvalue weighted by atomic mass is 10.1. The lowest BCUT2D eigenvalue weighted by Crippen LogP contribution is -2.37. The van der Waals surface area contributed by atoms with Gasteiger partial charge in [-0.1, -0.05) is 47.0 Å². The van der Waals surface area contributed by atoms with Crippen LogP contribution in [0.2, 0.25) is 0 Å². The van der Waals surface area contributed by atoms with E-state index < -0.39 is 141 Å². The molecule has 9 rings (SSSR count). The second-order valence-electron chi connectivity index (χ2n) is 19.2. The van der Waals surface area contributed by atoms with Gasteiger partial charge in [0.2, 0.25) is 0 Å². The molecular formula is C45H60N15O23P3S4. The van der Waals surface area contributed by atoms with Crippen molar-refractivity contribution in [3.8, 4) is 0 Å². The van der Waals surface area contributed by atoms with Crippen molar-refractivity contribution >= 4 is 142 Å². The fourth-order valence-electron chi connectivity index (χ4n) is 8.93. The Morgan fingerprint density at radius 3 is 1.17 bits per heavy atom. The van der Waals surface area contributed by atoms with Gasteiger partial charge in [0, 0.05) is 45.0 Å². The molecule has 10 N–H and O–H groups in total. The number of aliphatic hydroxyl groups excluding tert-OH is 4. The first-order valence-corrected chi connectivity index (χ1v) is 34.9. The van der Waals surface area contributed by atoms with Crippen LogP contribution in [-0.4, -0.2) is 217 Å². The van der Waals surface area contributed by atoms with Crippen LogP contribution in [0.5, 0.6) is 0 Å². The van der Waals surface area contributed by atoms with Crippen molar-refractivity contribution in [1.29, 1.82) is 0 Å². The number of phosphoric ester groups is 3. The van der Waals surface area contributed by atoms with Crippen molar-refractivity contribution < 1.29 is 108 Å². The van der Waals surface area contributed by atoms with E-state index in [2.05, 4.69) is 44.9 Å². The van der Waals surface area contributed by atoms with Crippen molar-refractivity contribution in [3.63, 3.8) is 0 Å². The normalized spacial score (nSPS) is 26.5. The first-order valence-electron chi connectivity index (χ1n) is 26.6. The van der Waals surface area contributed by atoms with E-state index >= 15 is 9.13 Å². The van der Waals surface area contributed by atoms with Gasteiger partial charge in [-0.2, -0.15) is 0 Å².